The van der Waals surface area contributed by atoms with E-state index in [9.17, 15) is 8.78 Å². The molecular formula is C21H16F2N2O2S. The Morgan fingerprint density at radius 2 is 2.00 bits per heavy atom. The number of ether oxygens (including phenoxy) is 2. The minimum Gasteiger partial charge on any atom is -0.493 e. The highest BCUT2D eigenvalue weighted by Gasteiger charge is 2.41. The Hall–Kier alpha value is -2.90. The second-order valence-corrected chi connectivity index (χ2v) is 7.49. The van der Waals surface area contributed by atoms with Crippen molar-refractivity contribution in [1.29, 1.82) is 0 Å². The number of thiophene rings is 1. The Balaban J connectivity index is 1.63. The number of hydrazine groups is 1. The molecule has 3 heterocycles. The minimum atomic E-state index is -0.908. The van der Waals surface area contributed by atoms with E-state index in [1.165, 1.54) is 12.1 Å². The van der Waals surface area contributed by atoms with Crippen LogP contribution in [0.25, 0.3) is 5.70 Å². The quantitative estimate of drug-likeness (QED) is 0.671. The average Bonchev–Trinajstić information content (AvgIpc) is 3.38. The second kappa shape index (κ2) is 6.61. The van der Waals surface area contributed by atoms with E-state index in [0.29, 0.717) is 17.1 Å². The van der Waals surface area contributed by atoms with Crippen LogP contribution >= 0.6 is 11.3 Å². The van der Waals surface area contributed by atoms with Crippen molar-refractivity contribution >= 4 is 17.0 Å². The monoisotopic (exact) mass is 398 g/mol. The lowest BCUT2D eigenvalue weighted by Crippen LogP contribution is -2.43. The molecule has 1 N–H and O–H groups in total. The fourth-order valence-electron chi connectivity index (χ4n) is 3.61. The molecule has 0 bridgehead atoms. The molecule has 3 aromatic rings. The average molecular weight is 398 g/mol. The normalized spacial score (nSPS) is 20.6. The highest BCUT2D eigenvalue weighted by molar-refractivity contribution is 7.11. The zero-order chi connectivity index (χ0) is 19.3. The molecule has 0 saturated heterocycles. The van der Waals surface area contributed by atoms with Gasteiger partial charge in [0.05, 0.1) is 23.7 Å². The van der Waals surface area contributed by atoms with Crippen LogP contribution in [0.1, 0.15) is 28.3 Å². The molecule has 5 rings (SSSR count). The van der Waals surface area contributed by atoms with Crippen molar-refractivity contribution in [3.63, 3.8) is 0 Å². The van der Waals surface area contributed by atoms with Gasteiger partial charge in [0, 0.05) is 11.1 Å². The van der Waals surface area contributed by atoms with E-state index in [1.807, 2.05) is 40.7 Å². The van der Waals surface area contributed by atoms with Gasteiger partial charge in [-0.25, -0.2) is 8.78 Å². The number of halogens is 2. The van der Waals surface area contributed by atoms with Crippen molar-refractivity contribution in [3.05, 3.63) is 87.6 Å². The van der Waals surface area contributed by atoms with Crippen LogP contribution in [0.5, 0.6) is 11.5 Å². The SMILES string of the molecule is COc1cccc2c1OC(c1ccc(F)c(F)c1)N1NC(c3cccs3)=CC21. The van der Waals surface area contributed by atoms with Gasteiger partial charge in [0.15, 0.2) is 29.4 Å². The summed E-state index contributed by atoms with van der Waals surface area (Å²) in [6.07, 6.45) is 1.46. The van der Waals surface area contributed by atoms with Gasteiger partial charge in [-0.05, 0) is 35.7 Å². The number of fused-ring (bicyclic) bond motifs is 3. The third-order valence-corrected chi connectivity index (χ3v) is 5.82. The maximum atomic E-state index is 13.9. The van der Waals surface area contributed by atoms with Gasteiger partial charge in [-0.3, -0.25) is 0 Å². The molecule has 2 aromatic carbocycles. The molecule has 0 aliphatic carbocycles. The molecule has 4 nitrogen and oxygen atoms in total. The van der Waals surface area contributed by atoms with Crippen LogP contribution in [-0.4, -0.2) is 12.1 Å². The molecule has 0 amide bonds. The summed E-state index contributed by atoms with van der Waals surface area (Å²) < 4.78 is 39.1. The predicted molar refractivity (Wildman–Crippen MR) is 103 cm³/mol. The first kappa shape index (κ1) is 17.2. The van der Waals surface area contributed by atoms with Crippen LogP contribution in [0.15, 0.2) is 60.0 Å². The van der Waals surface area contributed by atoms with Crippen LogP contribution in [0.4, 0.5) is 8.78 Å². The zero-order valence-electron chi connectivity index (χ0n) is 14.9. The van der Waals surface area contributed by atoms with Crippen LogP contribution in [0.2, 0.25) is 0 Å². The van der Waals surface area contributed by atoms with Gasteiger partial charge >= 0.3 is 0 Å². The van der Waals surface area contributed by atoms with Crippen LogP contribution in [0.3, 0.4) is 0 Å². The summed E-state index contributed by atoms with van der Waals surface area (Å²) >= 11 is 1.62. The molecule has 2 aliphatic rings. The van der Waals surface area contributed by atoms with E-state index < -0.39 is 17.9 Å². The Morgan fingerprint density at radius 3 is 2.75 bits per heavy atom. The number of rotatable bonds is 3. The molecular weight excluding hydrogens is 382 g/mol. The number of hydrogen-bond acceptors (Lipinski definition) is 5. The molecule has 28 heavy (non-hydrogen) atoms. The van der Waals surface area contributed by atoms with Gasteiger partial charge in [-0.15, -0.1) is 11.3 Å². The van der Waals surface area contributed by atoms with Gasteiger partial charge in [0.25, 0.3) is 0 Å². The van der Waals surface area contributed by atoms with Crippen molar-refractivity contribution in [2.45, 2.75) is 12.3 Å². The molecule has 0 saturated carbocycles. The van der Waals surface area contributed by atoms with Crippen molar-refractivity contribution in [3.8, 4) is 11.5 Å². The Morgan fingerprint density at radius 1 is 1.11 bits per heavy atom. The number of para-hydroxylation sites is 1. The third-order valence-electron chi connectivity index (χ3n) is 4.92. The Kier molecular flexibility index (Phi) is 4.07. The second-order valence-electron chi connectivity index (χ2n) is 6.54. The summed E-state index contributed by atoms with van der Waals surface area (Å²) in [5.74, 6) is -0.593. The summed E-state index contributed by atoms with van der Waals surface area (Å²) in [4.78, 5) is 1.09. The number of hydrogen-bond donors (Lipinski definition) is 1. The smallest absolute Gasteiger partial charge is 0.196 e. The molecule has 0 fully saturated rings. The molecule has 2 atom stereocenters. The van der Waals surface area contributed by atoms with E-state index >= 15 is 0 Å². The largest absolute Gasteiger partial charge is 0.493 e. The molecule has 0 radical (unpaired) electrons. The number of nitrogens with zero attached hydrogens (tertiary/aromatic N) is 1. The first-order chi connectivity index (χ1) is 13.7. The van der Waals surface area contributed by atoms with Gasteiger partial charge in [-0.1, -0.05) is 24.3 Å². The predicted octanol–water partition coefficient (Wildman–Crippen LogP) is 5.03. The fourth-order valence-corrected chi connectivity index (χ4v) is 4.31. The van der Waals surface area contributed by atoms with Gasteiger partial charge in [-0.2, -0.15) is 5.01 Å². The zero-order valence-corrected chi connectivity index (χ0v) is 15.7. The maximum absolute atomic E-state index is 13.9. The van der Waals surface area contributed by atoms with Gasteiger partial charge in [0.2, 0.25) is 0 Å². The lowest BCUT2D eigenvalue weighted by molar-refractivity contribution is -0.0344. The van der Waals surface area contributed by atoms with Crippen molar-refractivity contribution in [2.24, 2.45) is 0 Å². The first-order valence-electron chi connectivity index (χ1n) is 8.75. The number of methoxy groups -OCH3 is 1. The van der Waals surface area contributed by atoms with E-state index in [2.05, 4.69) is 11.5 Å². The molecule has 1 aromatic heterocycles. The lowest BCUT2D eigenvalue weighted by atomic mass is 10.0. The summed E-state index contributed by atoms with van der Waals surface area (Å²) in [6, 6.07) is 13.4. The topological polar surface area (TPSA) is 33.7 Å². The van der Waals surface area contributed by atoms with E-state index in [4.69, 9.17) is 9.47 Å². The van der Waals surface area contributed by atoms with Crippen molar-refractivity contribution < 1.29 is 18.3 Å². The van der Waals surface area contributed by atoms with Crippen molar-refractivity contribution in [1.82, 2.24) is 10.4 Å². The van der Waals surface area contributed by atoms with Crippen LogP contribution in [0, 0.1) is 11.6 Å². The molecule has 0 spiro atoms. The highest BCUT2D eigenvalue weighted by Crippen LogP contribution is 2.49. The Bertz CT molecular complexity index is 1070. The Labute approximate surface area is 164 Å². The third kappa shape index (κ3) is 2.66. The molecule has 2 aliphatic heterocycles. The summed E-state index contributed by atoms with van der Waals surface area (Å²) in [5.41, 5.74) is 5.78. The summed E-state index contributed by atoms with van der Waals surface area (Å²) in [5, 5.41) is 3.92. The van der Waals surface area contributed by atoms with E-state index in [1.54, 1.807) is 18.4 Å². The van der Waals surface area contributed by atoms with Crippen LogP contribution < -0.4 is 14.9 Å². The fraction of sp³-hybridized carbons (Fsp3) is 0.143. The maximum Gasteiger partial charge on any atom is 0.196 e. The highest BCUT2D eigenvalue weighted by atomic mass is 32.1. The van der Waals surface area contributed by atoms with Gasteiger partial charge < -0.3 is 14.9 Å². The van der Waals surface area contributed by atoms with Crippen molar-refractivity contribution in [2.75, 3.05) is 7.11 Å². The lowest BCUT2D eigenvalue weighted by Gasteiger charge is -2.39. The number of nitrogens with one attached hydrogen (secondary N) is 1. The first-order valence-corrected chi connectivity index (χ1v) is 9.63. The standard InChI is InChI=1S/C21H16F2N2O2S/c1-26-18-5-2-4-13-17-11-16(19-6-3-9-28-19)24-25(17)21(27-20(13)18)12-7-8-14(22)15(23)10-12/h2-11,17,21,24H,1H3. The molecule has 7 heteroatoms. The summed E-state index contributed by atoms with van der Waals surface area (Å²) in [7, 11) is 1.58. The molecule has 142 valence electrons. The van der Waals surface area contributed by atoms with E-state index in [0.717, 1.165) is 22.2 Å². The minimum absolute atomic E-state index is 0.144. The summed E-state index contributed by atoms with van der Waals surface area (Å²) in [6.45, 7) is 0. The van der Waals surface area contributed by atoms with E-state index in [-0.39, 0.29) is 6.04 Å². The number of benzene rings is 2. The molecule has 2 unspecified atom stereocenters. The van der Waals surface area contributed by atoms with Gasteiger partial charge in [0.1, 0.15) is 0 Å². The van der Waals surface area contributed by atoms with Crippen LogP contribution in [-0.2, 0) is 0 Å².